The summed E-state index contributed by atoms with van der Waals surface area (Å²) in [6.07, 6.45) is 3.56. The Morgan fingerprint density at radius 2 is 2.00 bits per heavy atom. The van der Waals surface area contributed by atoms with Crippen molar-refractivity contribution in [3.8, 4) is 11.5 Å². The van der Waals surface area contributed by atoms with Gasteiger partial charge in [-0.3, -0.25) is 4.79 Å². The Hall–Kier alpha value is -3.15. The molecule has 1 aliphatic heterocycles. The highest BCUT2D eigenvalue weighted by atomic mass is 16.5. The van der Waals surface area contributed by atoms with E-state index >= 15 is 0 Å². The van der Waals surface area contributed by atoms with Crippen molar-refractivity contribution in [2.45, 2.75) is 39.3 Å². The zero-order chi connectivity index (χ0) is 21.3. The van der Waals surface area contributed by atoms with Crippen LogP contribution in [-0.4, -0.2) is 36.1 Å². The Morgan fingerprint density at radius 1 is 1.17 bits per heavy atom. The van der Waals surface area contributed by atoms with Crippen LogP contribution in [0.15, 0.2) is 47.1 Å². The fourth-order valence-electron chi connectivity index (χ4n) is 4.40. The van der Waals surface area contributed by atoms with Gasteiger partial charge in [0, 0.05) is 29.6 Å². The number of rotatable bonds is 6. The third-order valence-electron chi connectivity index (χ3n) is 6.01. The Labute approximate surface area is 177 Å². The fourth-order valence-corrected chi connectivity index (χ4v) is 4.40. The first-order chi connectivity index (χ1) is 14.5. The van der Waals surface area contributed by atoms with Gasteiger partial charge in [0.1, 0.15) is 17.3 Å². The summed E-state index contributed by atoms with van der Waals surface area (Å²) in [6, 6.07) is 11.6. The fraction of sp³-hybridized carbons (Fsp3) is 0.375. The number of carbonyl (C=O) groups excluding carboxylic acids is 1. The number of hydrogen-bond donors (Lipinski definition) is 0. The number of carbonyl (C=O) groups is 1. The highest BCUT2D eigenvalue weighted by molar-refractivity contribution is 5.96. The molecular weight excluding hydrogens is 380 g/mol. The van der Waals surface area contributed by atoms with Gasteiger partial charge in [-0.25, -0.2) is 0 Å². The summed E-state index contributed by atoms with van der Waals surface area (Å²) in [5.74, 6) is 2.43. The molecule has 1 unspecified atom stereocenters. The van der Waals surface area contributed by atoms with Crippen LogP contribution in [0.25, 0.3) is 0 Å². The van der Waals surface area contributed by atoms with E-state index in [0.717, 1.165) is 59.2 Å². The lowest BCUT2D eigenvalue weighted by molar-refractivity contribution is 0.0733. The van der Waals surface area contributed by atoms with Gasteiger partial charge in [0.15, 0.2) is 0 Å². The van der Waals surface area contributed by atoms with Crippen molar-refractivity contribution < 1.29 is 18.7 Å². The molecule has 1 saturated heterocycles. The van der Waals surface area contributed by atoms with Crippen molar-refractivity contribution in [1.82, 2.24) is 9.47 Å². The minimum Gasteiger partial charge on any atom is -0.497 e. The predicted molar refractivity (Wildman–Crippen MR) is 114 cm³/mol. The molecule has 0 spiro atoms. The number of amides is 1. The standard InChI is InChI=1S/C24H28N2O4/c1-16-13-21(17(2)26(16)15-19-7-6-12-30-19)24(27)25-11-5-8-22(25)20-10-9-18(28-3)14-23(20)29-4/h6-7,9-10,12-14,22H,5,8,11,15H2,1-4H3. The zero-order valence-corrected chi connectivity index (χ0v) is 18.0. The monoisotopic (exact) mass is 408 g/mol. The molecule has 3 aromatic rings. The quantitative estimate of drug-likeness (QED) is 0.591. The van der Waals surface area contributed by atoms with Crippen LogP contribution < -0.4 is 9.47 Å². The van der Waals surface area contributed by atoms with E-state index in [1.54, 1.807) is 20.5 Å². The average Bonchev–Trinajstić information content (AvgIpc) is 3.50. The molecule has 0 N–H and O–H groups in total. The van der Waals surface area contributed by atoms with Crippen LogP contribution in [0.3, 0.4) is 0 Å². The lowest BCUT2D eigenvalue weighted by Crippen LogP contribution is -2.31. The Kier molecular flexibility index (Phi) is 5.57. The van der Waals surface area contributed by atoms with Crippen molar-refractivity contribution in [3.63, 3.8) is 0 Å². The number of hydrogen-bond acceptors (Lipinski definition) is 4. The number of benzene rings is 1. The first-order valence-electron chi connectivity index (χ1n) is 10.3. The summed E-state index contributed by atoms with van der Waals surface area (Å²) < 4.78 is 18.6. The minimum atomic E-state index is -0.00788. The number of furan rings is 1. The van der Waals surface area contributed by atoms with Crippen molar-refractivity contribution in [1.29, 1.82) is 0 Å². The van der Waals surface area contributed by atoms with Crippen LogP contribution in [0.2, 0.25) is 0 Å². The van der Waals surface area contributed by atoms with E-state index in [-0.39, 0.29) is 11.9 Å². The van der Waals surface area contributed by atoms with Gasteiger partial charge in [0.2, 0.25) is 0 Å². The number of nitrogens with zero attached hydrogens (tertiary/aromatic N) is 2. The Bertz CT molecular complexity index is 1040. The van der Waals surface area contributed by atoms with E-state index in [4.69, 9.17) is 13.9 Å². The summed E-state index contributed by atoms with van der Waals surface area (Å²) in [6.45, 7) is 5.39. The van der Waals surface area contributed by atoms with Gasteiger partial charge >= 0.3 is 0 Å². The van der Waals surface area contributed by atoms with Crippen LogP contribution in [-0.2, 0) is 6.54 Å². The first-order valence-corrected chi connectivity index (χ1v) is 10.3. The molecule has 6 nitrogen and oxygen atoms in total. The topological polar surface area (TPSA) is 56.8 Å². The molecule has 3 heterocycles. The van der Waals surface area contributed by atoms with Crippen molar-refractivity contribution >= 4 is 5.91 Å². The molecule has 1 aromatic carbocycles. The molecule has 1 aliphatic rings. The number of likely N-dealkylation sites (tertiary alicyclic amines) is 1. The number of aromatic nitrogens is 1. The van der Waals surface area contributed by atoms with Crippen LogP contribution >= 0.6 is 0 Å². The molecule has 0 bridgehead atoms. The normalized spacial score (nSPS) is 16.1. The lowest BCUT2D eigenvalue weighted by Gasteiger charge is -2.26. The average molecular weight is 408 g/mol. The molecular formula is C24H28N2O4. The molecule has 4 rings (SSSR count). The van der Waals surface area contributed by atoms with Gasteiger partial charge in [-0.15, -0.1) is 0 Å². The van der Waals surface area contributed by atoms with E-state index in [0.29, 0.717) is 6.54 Å². The van der Waals surface area contributed by atoms with Crippen molar-refractivity contribution in [2.75, 3.05) is 20.8 Å². The van der Waals surface area contributed by atoms with Gasteiger partial charge in [-0.05, 0) is 57.0 Å². The van der Waals surface area contributed by atoms with E-state index in [2.05, 4.69) is 4.57 Å². The van der Waals surface area contributed by atoms with E-state index in [9.17, 15) is 4.79 Å². The second kappa shape index (κ2) is 8.30. The molecule has 6 heteroatoms. The third-order valence-corrected chi connectivity index (χ3v) is 6.01. The Morgan fingerprint density at radius 3 is 2.70 bits per heavy atom. The zero-order valence-electron chi connectivity index (χ0n) is 18.0. The smallest absolute Gasteiger partial charge is 0.256 e. The maximum absolute atomic E-state index is 13.6. The molecule has 2 aromatic heterocycles. The van der Waals surface area contributed by atoms with E-state index < -0.39 is 0 Å². The highest BCUT2D eigenvalue weighted by Gasteiger charge is 2.34. The number of aryl methyl sites for hydroxylation is 1. The van der Waals surface area contributed by atoms with Gasteiger partial charge in [0.05, 0.1) is 38.6 Å². The van der Waals surface area contributed by atoms with Crippen molar-refractivity contribution in [2.24, 2.45) is 0 Å². The molecule has 0 radical (unpaired) electrons. The molecule has 1 fully saturated rings. The second-order valence-electron chi connectivity index (χ2n) is 7.71. The molecule has 1 atom stereocenters. The minimum absolute atomic E-state index is 0.00788. The summed E-state index contributed by atoms with van der Waals surface area (Å²) in [5, 5.41) is 0. The van der Waals surface area contributed by atoms with Crippen molar-refractivity contribution in [3.05, 3.63) is 70.9 Å². The van der Waals surface area contributed by atoms with Gasteiger partial charge in [-0.1, -0.05) is 0 Å². The van der Waals surface area contributed by atoms with Crippen LogP contribution in [0.4, 0.5) is 0 Å². The Balaban J connectivity index is 1.63. The summed E-state index contributed by atoms with van der Waals surface area (Å²) in [7, 11) is 3.29. The molecule has 1 amide bonds. The summed E-state index contributed by atoms with van der Waals surface area (Å²) in [5.41, 5.74) is 3.78. The lowest BCUT2D eigenvalue weighted by atomic mass is 10.0. The third kappa shape index (κ3) is 3.58. The number of methoxy groups -OCH3 is 2. The van der Waals surface area contributed by atoms with E-state index in [1.165, 1.54) is 0 Å². The summed E-state index contributed by atoms with van der Waals surface area (Å²) in [4.78, 5) is 15.5. The predicted octanol–water partition coefficient (Wildman–Crippen LogP) is 4.74. The first kappa shape index (κ1) is 20.1. The van der Waals surface area contributed by atoms with Gasteiger partial charge in [0.25, 0.3) is 5.91 Å². The largest absolute Gasteiger partial charge is 0.497 e. The maximum Gasteiger partial charge on any atom is 0.256 e. The van der Waals surface area contributed by atoms with Crippen LogP contribution in [0.5, 0.6) is 11.5 Å². The van der Waals surface area contributed by atoms with E-state index in [1.807, 2.05) is 55.1 Å². The molecule has 158 valence electrons. The van der Waals surface area contributed by atoms with Crippen LogP contribution in [0.1, 0.15) is 52.0 Å². The maximum atomic E-state index is 13.6. The van der Waals surface area contributed by atoms with Crippen LogP contribution in [0, 0.1) is 13.8 Å². The molecule has 0 aliphatic carbocycles. The van der Waals surface area contributed by atoms with Gasteiger partial charge in [-0.2, -0.15) is 0 Å². The second-order valence-corrected chi connectivity index (χ2v) is 7.71. The molecule has 30 heavy (non-hydrogen) atoms. The number of ether oxygens (including phenoxy) is 2. The SMILES string of the molecule is COc1ccc(C2CCCN2C(=O)c2cc(C)n(Cc3ccco3)c2C)c(OC)c1. The molecule has 0 saturated carbocycles. The highest BCUT2D eigenvalue weighted by Crippen LogP contribution is 2.39. The summed E-state index contributed by atoms with van der Waals surface area (Å²) >= 11 is 0. The van der Waals surface area contributed by atoms with Gasteiger partial charge < -0.3 is 23.4 Å².